The summed E-state index contributed by atoms with van der Waals surface area (Å²) in [5, 5.41) is 3.35. The summed E-state index contributed by atoms with van der Waals surface area (Å²) in [6, 6.07) is 9.24. The molecule has 2 unspecified atom stereocenters. The van der Waals surface area contributed by atoms with Crippen molar-refractivity contribution in [2.45, 2.75) is 38.6 Å². The van der Waals surface area contributed by atoms with E-state index in [-0.39, 0.29) is 11.1 Å². The molecule has 2 atom stereocenters. The van der Waals surface area contributed by atoms with Crippen molar-refractivity contribution < 1.29 is 18.3 Å². The molecule has 2 aromatic rings. The fourth-order valence-electron chi connectivity index (χ4n) is 3.71. The molecule has 172 valence electrons. The summed E-state index contributed by atoms with van der Waals surface area (Å²) >= 11 is 1.44. The standard InChI is InChI=1S/C25H25F2N3O2S/c1-5-6-13-33-25-23(28-3)22(17-12-11-16(26)14-18(17)27)21(15(2)29-25)24(31)30-19-9-7-8-10-20(19)32-4/h7-12,14,22-23H,5-6,13H2,1-2,4H3,(H,30,31). The Morgan fingerprint density at radius 2 is 2.03 bits per heavy atom. The van der Waals surface area contributed by atoms with Gasteiger partial charge in [-0.25, -0.2) is 20.3 Å². The first kappa shape index (κ1) is 24.5. The first-order valence-corrected chi connectivity index (χ1v) is 11.6. The molecule has 0 bridgehead atoms. The van der Waals surface area contributed by atoms with E-state index in [4.69, 9.17) is 11.3 Å². The first-order chi connectivity index (χ1) is 15.9. The zero-order valence-electron chi connectivity index (χ0n) is 18.7. The van der Waals surface area contributed by atoms with Crippen molar-refractivity contribution >= 4 is 28.4 Å². The number of allylic oxidation sites excluding steroid dienone is 1. The van der Waals surface area contributed by atoms with Crippen molar-refractivity contribution in [1.29, 1.82) is 0 Å². The maximum atomic E-state index is 14.9. The first-order valence-electron chi connectivity index (χ1n) is 10.6. The number of nitrogens with one attached hydrogen (secondary N) is 1. The Morgan fingerprint density at radius 1 is 1.27 bits per heavy atom. The Labute approximate surface area is 196 Å². The number of nitrogens with zero attached hydrogens (tertiary/aromatic N) is 2. The lowest BCUT2D eigenvalue weighted by Crippen LogP contribution is -2.34. The summed E-state index contributed by atoms with van der Waals surface area (Å²) in [6.45, 7) is 11.6. The van der Waals surface area contributed by atoms with Gasteiger partial charge in [0.25, 0.3) is 11.9 Å². The van der Waals surface area contributed by atoms with Crippen molar-refractivity contribution in [3.05, 3.63) is 82.3 Å². The number of ether oxygens (including phenoxy) is 1. The molecule has 3 rings (SSSR count). The average molecular weight is 470 g/mol. The largest absolute Gasteiger partial charge is 0.495 e. The van der Waals surface area contributed by atoms with Crippen LogP contribution in [-0.4, -0.2) is 29.9 Å². The molecule has 0 saturated heterocycles. The minimum absolute atomic E-state index is 0.0884. The predicted molar refractivity (Wildman–Crippen MR) is 129 cm³/mol. The number of unbranched alkanes of at least 4 members (excludes halogenated alkanes) is 1. The average Bonchev–Trinajstić information content (AvgIpc) is 2.79. The molecule has 1 amide bonds. The summed E-state index contributed by atoms with van der Waals surface area (Å²) in [5.41, 5.74) is 1.10. The number of para-hydroxylation sites is 2. The Bertz CT molecular complexity index is 1140. The van der Waals surface area contributed by atoms with E-state index in [9.17, 15) is 13.6 Å². The Balaban J connectivity index is 2.10. The van der Waals surface area contributed by atoms with E-state index in [0.29, 0.717) is 22.2 Å². The summed E-state index contributed by atoms with van der Waals surface area (Å²) in [5.74, 6) is -1.75. The Hall–Kier alpha value is -3.18. The molecule has 0 fully saturated rings. The fourth-order valence-corrected chi connectivity index (χ4v) is 4.91. The number of thioether (sulfide) groups is 1. The zero-order chi connectivity index (χ0) is 24.0. The van der Waals surface area contributed by atoms with Crippen LogP contribution < -0.4 is 10.1 Å². The molecule has 0 saturated carbocycles. The molecule has 33 heavy (non-hydrogen) atoms. The second-order valence-electron chi connectivity index (χ2n) is 7.52. The third kappa shape index (κ3) is 5.42. The van der Waals surface area contributed by atoms with Crippen molar-refractivity contribution in [3.8, 4) is 5.75 Å². The molecular formula is C25H25F2N3O2S. The van der Waals surface area contributed by atoms with Gasteiger partial charge in [0.1, 0.15) is 23.3 Å². The SMILES string of the molecule is [C-]#[N+]C1C(SCCCC)=NC(C)=C(C(=O)Nc2ccccc2OC)C1c1ccc(F)cc1F. The zero-order valence-corrected chi connectivity index (χ0v) is 19.5. The van der Waals surface area contributed by atoms with E-state index in [1.54, 1.807) is 31.2 Å². The maximum Gasteiger partial charge on any atom is 0.282 e. The smallest absolute Gasteiger partial charge is 0.282 e. The lowest BCUT2D eigenvalue weighted by Gasteiger charge is -2.27. The molecule has 2 aromatic carbocycles. The van der Waals surface area contributed by atoms with E-state index in [1.807, 2.05) is 0 Å². The van der Waals surface area contributed by atoms with Crippen molar-refractivity contribution in [1.82, 2.24) is 0 Å². The molecular weight excluding hydrogens is 444 g/mol. The van der Waals surface area contributed by atoms with E-state index < -0.39 is 29.5 Å². The summed E-state index contributed by atoms with van der Waals surface area (Å²) in [4.78, 5) is 21.7. The van der Waals surface area contributed by atoms with Gasteiger partial charge in [-0.2, -0.15) is 0 Å². The second kappa shape index (κ2) is 11.1. The highest BCUT2D eigenvalue weighted by molar-refractivity contribution is 8.14. The van der Waals surface area contributed by atoms with Crippen LogP contribution in [0.2, 0.25) is 0 Å². The molecule has 1 heterocycles. The highest BCUT2D eigenvalue weighted by atomic mass is 32.2. The topological polar surface area (TPSA) is 55.0 Å². The molecule has 1 aliphatic heterocycles. The van der Waals surface area contributed by atoms with Crippen LogP contribution in [0.15, 0.2) is 58.7 Å². The van der Waals surface area contributed by atoms with E-state index >= 15 is 0 Å². The highest BCUT2D eigenvalue weighted by Gasteiger charge is 2.44. The van der Waals surface area contributed by atoms with Gasteiger partial charge in [-0.05, 0) is 37.3 Å². The van der Waals surface area contributed by atoms with Crippen LogP contribution in [0.3, 0.4) is 0 Å². The van der Waals surface area contributed by atoms with Gasteiger partial charge in [0.2, 0.25) is 0 Å². The molecule has 5 nitrogen and oxygen atoms in total. The molecule has 0 spiro atoms. The number of carbonyl (C=O) groups excluding carboxylic acids is 1. The summed E-state index contributed by atoms with van der Waals surface area (Å²) < 4.78 is 33.9. The van der Waals surface area contributed by atoms with Gasteiger partial charge in [0, 0.05) is 17.3 Å². The molecule has 0 radical (unpaired) electrons. The predicted octanol–water partition coefficient (Wildman–Crippen LogP) is 6.20. The van der Waals surface area contributed by atoms with E-state index in [0.717, 1.165) is 30.7 Å². The van der Waals surface area contributed by atoms with Gasteiger partial charge < -0.3 is 14.9 Å². The number of rotatable bonds is 7. The van der Waals surface area contributed by atoms with E-state index in [2.05, 4.69) is 22.1 Å². The highest BCUT2D eigenvalue weighted by Crippen LogP contribution is 2.41. The van der Waals surface area contributed by atoms with Crippen LogP contribution in [0, 0.1) is 18.2 Å². The second-order valence-corrected chi connectivity index (χ2v) is 8.64. The number of benzene rings is 2. The Kier molecular flexibility index (Phi) is 8.23. The lowest BCUT2D eigenvalue weighted by atomic mass is 9.82. The number of halogens is 2. The molecule has 0 aliphatic carbocycles. The normalized spacial score (nSPS) is 17.9. The van der Waals surface area contributed by atoms with Crippen LogP contribution in [0.1, 0.15) is 38.2 Å². The van der Waals surface area contributed by atoms with Gasteiger partial charge in [0.15, 0.2) is 5.04 Å². The molecule has 1 aliphatic rings. The van der Waals surface area contributed by atoms with Crippen LogP contribution in [-0.2, 0) is 4.79 Å². The van der Waals surface area contributed by atoms with Gasteiger partial charge >= 0.3 is 0 Å². The van der Waals surface area contributed by atoms with Crippen molar-refractivity contribution in [2.75, 3.05) is 18.2 Å². The van der Waals surface area contributed by atoms with Gasteiger partial charge in [-0.15, -0.1) is 11.8 Å². The van der Waals surface area contributed by atoms with Crippen LogP contribution in [0.4, 0.5) is 14.5 Å². The lowest BCUT2D eigenvalue weighted by molar-refractivity contribution is -0.113. The summed E-state index contributed by atoms with van der Waals surface area (Å²) in [7, 11) is 1.49. The minimum Gasteiger partial charge on any atom is -0.495 e. The Morgan fingerprint density at radius 3 is 2.70 bits per heavy atom. The minimum atomic E-state index is -0.931. The molecule has 8 heteroatoms. The number of methoxy groups -OCH3 is 1. The number of anilines is 1. The van der Waals surface area contributed by atoms with Gasteiger partial charge in [0.05, 0.1) is 18.4 Å². The molecule has 1 N–H and O–H groups in total. The van der Waals surface area contributed by atoms with Crippen molar-refractivity contribution in [3.63, 3.8) is 0 Å². The van der Waals surface area contributed by atoms with Crippen molar-refractivity contribution in [2.24, 2.45) is 4.99 Å². The third-order valence-electron chi connectivity index (χ3n) is 5.33. The number of aliphatic imine (C=N–C) groups is 1. The quantitative estimate of drug-likeness (QED) is 0.388. The number of hydrogen-bond donors (Lipinski definition) is 1. The van der Waals surface area contributed by atoms with E-state index in [1.165, 1.54) is 24.9 Å². The van der Waals surface area contributed by atoms with Gasteiger partial charge in [-0.3, -0.25) is 4.79 Å². The summed E-state index contributed by atoms with van der Waals surface area (Å²) in [6.07, 6.45) is 1.92. The molecule has 0 aromatic heterocycles. The fraction of sp³-hybridized carbons (Fsp3) is 0.320. The van der Waals surface area contributed by atoms with Crippen LogP contribution in [0.25, 0.3) is 4.85 Å². The number of hydrogen-bond acceptors (Lipinski definition) is 4. The monoisotopic (exact) mass is 469 g/mol. The van der Waals surface area contributed by atoms with Gasteiger partial charge in [-0.1, -0.05) is 31.5 Å². The van der Waals surface area contributed by atoms with Crippen LogP contribution >= 0.6 is 11.8 Å². The van der Waals surface area contributed by atoms with Crippen LogP contribution in [0.5, 0.6) is 5.75 Å². The number of amides is 1. The number of carbonyl (C=O) groups is 1. The maximum absolute atomic E-state index is 14.9. The third-order valence-corrected chi connectivity index (χ3v) is 6.45.